The second kappa shape index (κ2) is 8.71. The van der Waals surface area contributed by atoms with Crippen LogP contribution in [0.1, 0.15) is 43.3 Å². The summed E-state index contributed by atoms with van der Waals surface area (Å²) in [5.74, 6) is 0.630. The lowest BCUT2D eigenvalue weighted by molar-refractivity contribution is -0.155. The van der Waals surface area contributed by atoms with Crippen molar-refractivity contribution < 1.29 is 24.5 Å². The number of unbranched alkanes of at least 4 members (excludes halogenated alkanes) is 1. The summed E-state index contributed by atoms with van der Waals surface area (Å²) in [5.41, 5.74) is 1.03. The van der Waals surface area contributed by atoms with Gasteiger partial charge in [0.25, 0.3) is 0 Å². The van der Waals surface area contributed by atoms with Crippen molar-refractivity contribution in [2.45, 2.75) is 32.2 Å². The van der Waals surface area contributed by atoms with Crippen LogP contribution in [-0.2, 0) is 9.53 Å². The van der Waals surface area contributed by atoms with Crippen molar-refractivity contribution in [1.82, 2.24) is 4.90 Å². The summed E-state index contributed by atoms with van der Waals surface area (Å²) in [7, 11) is 0. The number of halogens is 1. The molecule has 2 aromatic carbocycles. The van der Waals surface area contributed by atoms with E-state index in [1.54, 1.807) is 42.5 Å². The predicted octanol–water partition coefficient (Wildman–Crippen LogP) is 3.77. The molecular weight excluding hydrogens is 370 g/mol. The van der Waals surface area contributed by atoms with Gasteiger partial charge < -0.3 is 19.7 Å². The van der Waals surface area contributed by atoms with Crippen LogP contribution < -0.4 is 4.74 Å². The van der Waals surface area contributed by atoms with Crippen molar-refractivity contribution in [3.8, 4) is 11.5 Å². The molecule has 2 unspecified atom stereocenters. The van der Waals surface area contributed by atoms with E-state index in [9.17, 15) is 15.0 Å². The van der Waals surface area contributed by atoms with Gasteiger partial charge in [-0.15, -0.1) is 0 Å². The number of aliphatic hydroxyl groups is 2. The van der Waals surface area contributed by atoms with Gasteiger partial charge in [0.1, 0.15) is 30.5 Å². The summed E-state index contributed by atoms with van der Waals surface area (Å²) < 4.78 is 10.9. The standard InChI is InChI=1S/C20H22ClNO5/c1-2-3-10-26-18(23)12-22-19(24)16-9-8-15(11-17(16)20(22)25)27-14-6-4-13(21)5-7-14/h4-9,11,19-20,24-25H,2-3,10,12H2,1H3. The molecule has 6 nitrogen and oxygen atoms in total. The first-order chi connectivity index (χ1) is 13.0. The van der Waals surface area contributed by atoms with Crippen LogP contribution in [0.25, 0.3) is 0 Å². The number of fused-ring (bicyclic) bond motifs is 1. The quantitative estimate of drug-likeness (QED) is 0.552. The Kier molecular flexibility index (Phi) is 6.34. The van der Waals surface area contributed by atoms with Crippen LogP contribution in [0.4, 0.5) is 0 Å². The van der Waals surface area contributed by atoms with E-state index in [0.29, 0.717) is 34.3 Å². The number of aliphatic hydroxyl groups excluding tert-OH is 2. The number of hydrogen-bond donors (Lipinski definition) is 2. The molecule has 0 saturated heterocycles. The minimum atomic E-state index is -1.12. The molecule has 0 saturated carbocycles. The minimum absolute atomic E-state index is 0.200. The third-order valence-corrected chi connectivity index (χ3v) is 4.62. The molecule has 0 bridgehead atoms. The van der Waals surface area contributed by atoms with Crippen molar-refractivity contribution >= 4 is 17.6 Å². The lowest BCUT2D eigenvalue weighted by Crippen LogP contribution is -2.32. The highest BCUT2D eigenvalue weighted by molar-refractivity contribution is 6.30. The molecule has 0 amide bonds. The van der Waals surface area contributed by atoms with Gasteiger partial charge in [-0.05, 0) is 42.8 Å². The number of nitrogens with zero attached hydrogens (tertiary/aromatic N) is 1. The molecule has 2 aromatic rings. The van der Waals surface area contributed by atoms with E-state index < -0.39 is 18.4 Å². The van der Waals surface area contributed by atoms with Crippen LogP contribution in [0.3, 0.4) is 0 Å². The molecule has 0 spiro atoms. The second-order valence-electron chi connectivity index (χ2n) is 6.34. The summed E-state index contributed by atoms with van der Waals surface area (Å²) in [4.78, 5) is 13.2. The Bertz CT molecular complexity index is 795. The van der Waals surface area contributed by atoms with Crippen LogP contribution in [0, 0.1) is 0 Å². The fourth-order valence-corrected chi connectivity index (χ4v) is 3.03. The maximum atomic E-state index is 11.9. The molecule has 0 radical (unpaired) electrons. The summed E-state index contributed by atoms with van der Waals surface area (Å²) >= 11 is 5.86. The molecule has 1 aliphatic rings. The first-order valence-electron chi connectivity index (χ1n) is 8.84. The molecule has 0 aromatic heterocycles. The van der Waals surface area contributed by atoms with E-state index in [1.807, 2.05) is 6.92 Å². The van der Waals surface area contributed by atoms with Gasteiger partial charge in [-0.2, -0.15) is 0 Å². The van der Waals surface area contributed by atoms with E-state index >= 15 is 0 Å². The molecule has 0 fully saturated rings. The SMILES string of the molecule is CCCCOC(=O)CN1C(O)c2ccc(Oc3ccc(Cl)cc3)cc2C1O. The number of hydrogen-bond acceptors (Lipinski definition) is 6. The van der Waals surface area contributed by atoms with Gasteiger partial charge in [-0.3, -0.25) is 4.79 Å². The van der Waals surface area contributed by atoms with Crippen LogP contribution in [-0.4, -0.2) is 34.2 Å². The molecule has 0 aliphatic carbocycles. The first kappa shape index (κ1) is 19.6. The van der Waals surface area contributed by atoms with E-state index in [0.717, 1.165) is 12.8 Å². The number of rotatable bonds is 7. The number of benzene rings is 2. The predicted molar refractivity (Wildman–Crippen MR) is 100 cm³/mol. The van der Waals surface area contributed by atoms with E-state index in [-0.39, 0.29) is 6.54 Å². The van der Waals surface area contributed by atoms with E-state index in [2.05, 4.69) is 0 Å². The monoisotopic (exact) mass is 391 g/mol. The highest BCUT2D eigenvalue weighted by Gasteiger charge is 2.38. The maximum Gasteiger partial charge on any atom is 0.320 e. The minimum Gasteiger partial charge on any atom is -0.465 e. The summed E-state index contributed by atoms with van der Waals surface area (Å²) in [5, 5.41) is 21.6. The lowest BCUT2D eigenvalue weighted by atomic mass is 10.1. The van der Waals surface area contributed by atoms with Crippen molar-refractivity contribution in [2.75, 3.05) is 13.2 Å². The van der Waals surface area contributed by atoms with Gasteiger partial charge in [0, 0.05) is 16.1 Å². The van der Waals surface area contributed by atoms with Gasteiger partial charge in [0.2, 0.25) is 0 Å². The van der Waals surface area contributed by atoms with Crippen LogP contribution in [0.2, 0.25) is 5.02 Å². The summed E-state index contributed by atoms with van der Waals surface area (Å²) in [6.45, 7) is 2.14. The van der Waals surface area contributed by atoms with Crippen LogP contribution in [0.5, 0.6) is 11.5 Å². The third-order valence-electron chi connectivity index (χ3n) is 4.36. The van der Waals surface area contributed by atoms with E-state index in [4.69, 9.17) is 21.1 Å². The molecule has 144 valence electrons. The molecular formula is C20H22ClNO5. The molecule has 1 aliphatic heterocycles. The average molecular weight is 392 g/mol. The Hall–Kier alpha value is -2.12. The third kappa shape index (κ3) is 4.59. The fourth-order valence-electron chi connectivity index (χ4n) is 2.90. The zero-order chi connectivity index (χ0) is 19.4. The molecule has 7 heteroatoms. The summed E-state index contributed by atoms with van der Waals surface area (Å²) in [6.07, 6.45) is -0.507. The normalized spacial score (nSPS) is 19.0. The van der Waals surface area contributed by atoms with Crippen LogP contribution in [0.15, 0.2) is 42.5 Å². The highest BCUT2D eigenvalue weighted by atomic mass is 35.5. The number of esters is 1. The number of carbonyl (C=O) groups is 1. The van der Waals surface area contributed by atoms with Gasteiger partial charge in [0.05, 0.1) is 6.61 Å². The average Bonchev–Trinajstić information content (AvgIpc) is 2.88. The second-order valence-corrected chi connectivity index (χ2v) is 6.78. The summed E-state index contributed by atoms with van der Waals surface area (Å²) in [6, 6.07) is 11.9. The maximum absolute atomic E-state index is 11.9. The van der Waals surface area contributed by atoms with Crippen LogP contribution >= 0.6 is 11.6 Å². The molecule has 2 atom stereocenters. The number of carbonyl (C=O) groups excluding carboxylic acids is 1. The lowest BCUT2D eigenvalue weighted by Gasteiger charge is -2.22. The van der Waals surface area contributed by atoms with Gasteiger partial charge in [-0.1, -0.05) is 31.0 Å². The van der Waals surface area contributed by atoms with Crippen molar-refractivity contribution in [3.63, 3.8) is 0 Å². The van der Waals surface area contributed by atoms with Gasteiger partial charge >= 0.3 is 5.97 Å². The molecule has 2 N–H and O–H groups in total. The van der Waals surface area contributed by atoms with Crippen molar-refractivity contribution in [1.29, 1.82) is 0 Å². The topological polar surface area (TPSA) is 79.2 Å². The Morgan fingerprint density at radius 3 is 2.44 bits per heavy atom. The van der Waals surface area contributed by atoms with E-state index in [1.165, 1.54) is 4.90 Å². The Morgan fingerprint density at radius 2 is 1.74 bits per heavy atom. The smallest absolute Gasteiger partial charge is 0.320 e. The first-order valence-corrected chi connectivity index (χ1v) is 9.22. The highest BCUT2D eigenvalue weighted by Crippen LogP contribution is 2.41. The molecule has 27 heavy (non-hydrogen) atoms. The molecule has 1 heterocycles. The fraction of sp³-hybridized carbons (Fsp3) is 0.350. The Balaban J connectivity index is 1.70. The zero-order valence-corrected chi connectivity index (χ0v) is 15.7. The molecule has 3 rings (SSSR count). The van der Waals surface area contributed by atoms with Crippen molar-refractivity contribution in [3.05, 3.63) is 58.6 Å². The largest absolute Gasteiger partial charge is 0.465 e. The Morgan fingerprint density at radius 1 is 1.07 bits per heavy atom. The zero-order valence-electron chi connectivity index (χ0n) is 15.0. The van der Waals surface area contributed by atoms with Gasteiger partial charge in [-0.25, -0.2) is 4.90 Å². The van der Waals surface area contributed by atoms with Crippen molar-refractivity contribution in [2.24, 2.45) is 0 Å². The Labute approximate surface area is 162 Å². The van der Waals surface area contributed by atoms with Gasteiger partial charge in [0.15, 0.2) is 0 Å². The number of ether oxygens (including phenoxy) is 2.